The van der Waals surface area contributed by atoms with Gasteiger partial charge in [-0.3, -0.25) is 19.0 Å². The molecule has 0 aliphatic carbocycles. The van der Waals surface area contributed by atoms with Crippen LogP contribution in [-0.4, -0.2) is 21.4 Å². The molecule has 28 heavy (non-hydrogen) atoms. The Bertz CT molecular complexity index is 1160. The van der Waals surface area contributed by atoms with Gasteiger partial charge < -0.3 is 11.1 Å². The van der Waals surface area contributed by atoms with Crippen molar-refractivity contribution < 1.29 is 9.59 Å². The molecule has 0 spiro atoms. The number of thiophene rings is 1. The van der Waals surface area contributed by atoms with E-state index in [1.54, 1.807) is 13.8 Å². The fourth-order valence-corrected chi connectivity index (χ4v) is 4.27. The third-order valence-corrected chi connectivity index (χ3v) is 5.84. The smallest absolute Gasteiger partial charge is 0.266 e. The molecule has 2 heterocycles. The Balaban J connectivity index is 2.02. The Morgan fingerprint density at radius 2 is 1.93 bits per heavy atom. The Morgan fingerprint density at radius 3 is 2.57 bits per heavy atom. The van der Waals surface area contributed by atoms with E-state index in [4.69, 9.17) is 5.73 Å². The van der Waals surface area contributed by atoms with Crippen LogP contribution < -0.4 is 16.6 Å². The average Bonchev–Trinajstić information content (AvgIpc) is 2.93. The number of nitrogens with zero attached hydrogens (tertiary/aromatic N) is 2. The second kappa shape index (κ2) is 7.55. The van der Waals surface area contributed by atoms with E-state index < -0.39 is 5.91 Å². The molecule has 0 bridgehead atoms. The third kappa shape index (κ3) is 3.68. The van der Waals surface area contributed by atoms with E-state index in [2.05, 4.69) is 10.3 Å². The fraction of sp³-hybridized carbons (Fsp3) is 0.300. The summed E-state index contributed by atoms with van der Waals surface area (Å²) in [7, 11) is 0. The number of aromatic nitrogens is 2. The van der Waals surface area contributed by atoms with E-state index in [9.17, 15) is 14.4 Å². The molecule has 0 saturated carbocycles. The summed E-state index contributed by atoms with van der Waals surface area (Å²) < 4.78 is 1.43. The van der Waals surface area contributed by atoms with E-state index in [0.717, 1.165) is 16.8 Å². The number of aryl methyl sites for hydroxylation is 4. The zero-order valence-electron chi connectivity index (χ0n) is 16.3. The first-order valence-electron chi connectivity index (χ1n) is 8.86. The van der Waals surface area contributed by atoms with Crippen LogP contribution >= 0.6 is 11.3 Å². The van der Waals surface area contributed by atoms with E-state index in [1.165, 1.54) is 15.9 Å². The summed E-state index contributed by atoms with van der Waals surface area (Å²) in [6.45, 7) is 7.54. The molecule has 2 amide bonds. The predicted octanol–water partition coefficient (Wildman–Crippen LogP) is 2.82. The number of carbonyl (C=O) groups excluding carboxylic acids is 2. The van der Waals surface area contributed by atoms with Crippen LogP contribution in [-0.2, 0) is 11.3 Å². The molecule has 0 saturated heterocycles. The molecule has 0 aliphatic rings. The summed E-state index contributed by atoms with van der Waals surface area (Å²) in [4.78, 5) is 42.3. The third-order valence-electron chi connectivity index (χ3n) is 4.66. The second-order valence-corrected chi connectivity index (χ2v) is 7.84. The SMILES string of the molecule is Cc1ccc(NC(=O)c2sc3nc(C)n(CCC(N)=O)c(=O)c3c2C)c(C)c1. The number of nitrogens with two attached hydrogens (primary N) is 1. The molecule has 3 aromatic rings. The Hall–Kier alpha value is -3.00. The molecule has 0 unspecified atom stereocenters. The van der Waals surface area contributed by atoms with Crippen molar-refractivity contribution in [1.82, 2.24) is 9.55 Å². The maximum absolute atomic E-state index is 12.9. The quantitative estimate of drug-likeness (QED) is 0.689. The lowest BCUT2D eigenvalue weighted by molar-refractivity contribution is -0.118. The molecule has 146 valence electrons. The van der Waals surface area contributed by atoms with Crippen molar-refractivity contribution in [3.05, 3.63) is 55.9 Å². The van der Waals surface area contributed by atoms with Crippen molar-refractivity contribution in [1.29, 1.82) is 0 Å². The number of primary amides is 1. The average molecular weight is 398 g/mol. The number of rotatable bonds is 5. The summed E-state index contributed by atoms with van der Waals surface area (Å²) in [6.07, 6.45) is 0.0527. The molecule has 7 nitrogen and oxygen atoms in total. The van der Waals surface area contributed by atoms with Crippen LogP contribution in [0.5, 0.6) is 0 Å². The van der Waals surface area contributed by atoms with Gasteiger partial charge in [-0.05, 0) is 44.9 Å². The highest BCUT2D eigenvalue weighted by atomic mass is 32.1. The van der Waals surface area contributed by atoms with Crippen molar-refractivity contribution in [3.8, 4) is 0 Å². The van der Waals surface area contributed by atoms with Crippen LogP contribution in [0.1, 0.15) is 38.6 Å². The number of carbonyl (C=O) groups is 2. The lowest BCUT2D eigenvalue weighted by Gasteiger charge is -2.09. The highest BCUT2D eigenvalue weighted by molar-refractivity contribution is 7.20. The zero-order chi connectivity index (χ0) is 20.6. The number of nitrogens with one attached hydrogen (secondary N) is 1. The number of hydrogen-bond acceptors (Lipinski definition) is 5. The number of fused-ring (bicyclic) bond motifs is 1. The first-order chi connectivity index (χ1) is 13.2. The molecular weight excluding hydrogens is 376 g/mol. The number of anilines is 1. The van der Waals surface area contributed by atoms with E-state index in [-0.39, 0.29) is 24.4 Å². The molecular formula is C20H22N4O3S. The van der Waals surface area contributed by atoms with Crippen LogP contribution in [0.4, 0.5) is 5.69 Å². The molecule has 2 aromatic heterocycles. The maximum atomic E-state index is 12.9. The molecule has 1 aromatic carbocycles. The molecule has 0 radical (unpaired) electrons. The van der Waals surface area contributed by atoms with E-state index in [0.29, 0.717) is 26.5 Å². The van der Waals surface area contributed by atoms with Crippen LogP contribution in [0.15, 0.2) is 23.0 Å². The van der Waals surface area contributed by atoms with Gasteiger partial charge in [0.1, 0.15) is 10.7 Å². The summed E-state index contributed by atoms with van der Waals surface area (Å²) in [6, 6.07) is 5.79. The van der Waals surface area contributed by atoms with Gasteiger partial charge in [0, 0.05) is 18.7 Å². The van der Waals surface area contributed by atoms with Crippen LogP contribution in [0, 0.1) is 27.7 Å². The van der Waals surface area contributed by atoms with Crippen molar-refractivity contribution in [2.45, 2.75) is 40.7 Å². The number of hydrogen-bond donors (Lipinski definition) is 2. The van der Waals surface area contributed by atoms with Crippen LogP contribution in [0.25, 0.3) is 10.2 Å². The zero-order valence-corrected chi connectivity index (χ0v) is 17.1. The minimum absolute atomic E-state index is 0.0527. The van der Waals surface area contributed by atoms with Crippen molar-refractivity contribution in [2.24, 2.45) is 5.73 Å². The lowest BCUT2D eigenvalue weighted by Crippen LogP contribution is -2.26. The van der Waals surface area contributed by atoms with Gasteiger partial charge in [-0.2, -0.15) is 0 Å². The molecule has 3 rings (SSSR count). The molecule has 0 atom stereocenters. The minimum Gasteiger partial charge on any atom is -0.370 e. The summed E-state index contributed by atoms with van der Waals surface area (Å²) in [5, 5.41) is 3.33. The summed E-state index contributed by atoms with van der Waals surface area (Å²) in [5.41, 5.74) is 8.34. The van der Waals surface area contributed by atoms with Gasteiger partial charge in [-0.1, -0.05) is 17.7 Å². The standard InChI is InChI=1S/C20H22N4O3S/c1-10-5-6-14(11(2)9-10)23-18(26)17-12(3)16-19(28-17)22-13(4)24(20(16)27)8-7-15(21)25/h5-6,9H,7-8H2,1-4H3,(H2,21,25)(H,23,26). The fourth-order valence-electron chi connectivity index (χ4n) is 3.15. The largest absolute Gasteiger partial charge is 0.370 e. The first kappa shape index (κ1) is 19.8. The predicted molar refractivity (Wildman–Crippen MR) is 111 cm³/mol. The molecule has 8 heteroatoms. The molecule has 0 aliphatic heterocycles. The van der Waals surface area contributed by atoms with Gasteiger partial charge in [0.15, 0.2) is 0 Å². The maximum Gasteiger partial charge on any atom is 0.266 e. The Morgan fingerprint density at radius 1 is 1.21 bits per heavy atom. The Labute approximate surface area is 166 Å². The normalized spacial score (nSPS) is 11.0. The Kier molecular flexibility index (Phi) is 5.33. The van der Waals surface area contributed by atoms with Crippen LogP contribution in [0.3, 0.4) is 0 Å². The molecule has 3 N–H and O–H groups in total. The van der Waals surface area contributed by atoms with Crippen molar-refractivity contribution in [3.63, 3.8) is 0 Å². The van der Waals surface area contributed by atoms with Crippen molar-refractivity contribution in [2.75, 3.05) is 5.32 Å². The van der Waals surface area contributed by atoms with Crippen molar-refractivity contribution >= 4 is 39.1 Å². The van der Waals surface area contributed by atoms with E-state index >= 15 is 0 Å². The lowest BCUT2D eigenvalue weighted by atomic mass is 10.1. The van der Waals surface area contributed by atoms with Gasteiger partial charge in [0.05, 0.1) is 10.3 Å². The van der Waals surface area contributed by atoms with Gasteiger partial charge in [0.2, 0.25) is 5.91 Å². The number of amides is 2. The highest BCUT2D eigenvalue weighted by Crippen LogP contribution is 2.28. The minimum atomic E-state index is -0.484. The summed E-state index contributed by atoms with van der Waals surface area (Å²) in [5.74, 6) is -0.267. The molecule has 0 fully saturated rings. The first-order valence-corrected chi connectivity index (χ1v) is 9.68. The number of benzene rings is 1. The second-order valence-electron chi connectivity index (χ2n) is 6.84. The van der Waals surface area contributed by atoms with Gasteiger partial charge in [-0.15, -0.1) is 11.3 Å². The topological polar surface area (TPSA) is 107 Å². The summed E-state index contributed by atoms with van der Waals surface area (Å²) >= 11 is 1.19. The highest BCUT2D eigenvalue weighted by Gasteiger charge is 2.21. The van der Waals surface area contributed by atoms with Gasteiger partial charge >= 0.3 is 0 Å². The van der Waals surface area contributed by atoms with E-state index in [1.807, 2.05) is 32.0 Å². The van der Waals surface area contributed by atoms with Crippen LogP contribution in [0.2, 0.25) is 0 Å². The monoisotopic (exact) mass is 398 g/mol. The van der Waals surface area contributed by atoms with Gasteiger partial charge in [0.25, 0.3) is 11.5 Å². The van der Waals surface area contributed by atoms with Gasteiger partial charge in [-0.25, -0.2) is 4.98 Å².